The summed E-state index contributed by atoms with van der Waals surface area (Å²) in [7, 11) is 1.71. The number of rotatable bonds is 3. The van der Waals surface area contributed by atoms with Crippen LogP contribution in [0, 0.1) is 6.92 Å². The van der Waals surface area contributed by atoms with Crippen molar-refractivity contribution in [2.75, 3.05) is 7.11 Å². The molecule has 1 aliphatic carbocycles. The maximum Gasteiger partial charge on any atom is 0.108 e. The molecular weight excluding hydrogens is 250 g/mol. The van der Waals surface area contributed by atoms with Crippen LogP contribution in [0.1, 0.15) is 43.0 Å². The van der Waals surface area contributed by atoms with Crippen molar-refractivity contribution in [1.82, 2.24) is 4.98 Å². The molecule has 0 amide bonds. The molecule has 1 N–H and O–H groups in total. The van der Waals surface area contributed by atoms with Crippen molar-refractivity contribution in [1.29, 1.82) is 0 Å². The second-order valence-corrected chi connectivity index (χ2v) is 5.78. The first kappa shape index (κ1) is 13.5. The Bertz CT molecular complexity index is 617. The van der Waals surface area contributed by atoms with Crippen LogP contribution >= 0.6 is 0 Å². The van der Waals surface area contributed by atoms with Crippen LogP contribution in [0.15, 0.2) is 30.3 Å². The highest BCUT2D eigenvalue weighted by Gasteiger charge is 2.41. The normalized spacial score (nSPS) is 19.4. The lowest BCUT2D eigenvalue weighted by Crippen LogP contribution is -2.35. The zero-order valence-corrected chi connectivity index (χ0v) is 12.1. The molecule has 3 rings (SSSR count). The summed E-state index contributed by atoms with van der Waals surface area (Å²) in [6.45, 7) is 1.99. The van der Waals surface area contributed by atoms with E-state index in [9.17, 15) is 5.11 Å². The largest absolute Gasteiger partial charge is 0.385 e. The van der Waals surface area contributed by atoms with Crippen LogP contribution in [0.2, 0.25) is 0 Å². The van der Waals surface area contributed by atoms with Gasteiger partial charge in [0.15, 0.2) is 0 Å². The molecule has 1 heterocycles. The van der Waals surface area contributed by atoms with Crippen molar-refractivity contribution in [2.24, 2.45) is 0 Å². The lowest BCUT2D eigenvalue weighted by atomic mass is 9.88. The van der Waals surface area contributed by atoms with E-state index < -0.39 is 11.7 Å². The van der Waals surface area contributed by atoms with Gasteiger partial charge in [0, 0.05) is 18.2 Å². The van der Waals surface area contributed by atoms with Gasteiger partial charge in [0.25, 0.3) is 0 Å². The molecule has 1 atom stereocenters. The maximum absolute atomic E-state index is 10.7. The second kappa shape index (κ2) is 5.15. The van der Waals surface area contributed by atoms with Gasteiger partial charge in [-0.15, -0.1) is 0 Å². The third-order valence-corrected chi connectivity index (χ3v) is 4.52. The van der Waals surface area contributed by atoms with Crippen LogP contribution in [0.25, 0.3) is 10.9 Å². The van der Waals surface area contributed by atoms with Gasteiger partial charge in [-0.25, -0.2) is 0 Å². The molecule has 1 fully saturated rings. The van der Waals surface area contributed by atoms with Gasteiger partial charge in [-0.3, -0.25) is 4.98 Å². The summed E-state index contributed by atoms with van der Waals surface area (Å²) in [6.07, 6.45) is 3.53. The summed E-state index contributed by atoms with van der Waals surface area (Å²) < 4.78 is 5.68. The Morgan fingerprint density at radius 1 is 1.20 bits per heavy atom. The number of aromatic nitrogens is 1. The minimum atomic E-state index is -0.569. The van der Waals surface area contributed by atoms with Gasteiger partial charge >= 0.3 is 0 Å². The van der Waals surface area contributed by atoms with E-state index in [0.29, 0.717) is 0 Å². The number of aliphatic hydroxyl groups is 1. The van der Waals surface area contributed by atoms with E-state index in [-0.39, 0.29) is 0 Å². The molecule has 3 heteroatoms. The number of aliphatic hydroxyl groups excluding tert-OH is 1. The van der Waals surface area contributed by atoms with Gasteiger partial charge in [0.05, 0.1) is 11.1 Å². The number of methoxy groups -OCH3 is 1. The molecule has 1 unspecified atom stereocenters. The fourth-order valence-electron chi connectivity index (χ4n) is 3.28. The average Bonchev–Trinajstić information content (AvgIpc) is 2.96. The highest BCUT2D eigenvalue weighted by Crippen LogP contribution is 2.42. The Kier molecular flexibility index (Phi) is 3.48. The second-order valence-electron chi connectivity index (χ2n) is 5.78. The molecule has 0 saturated heterocycles. The highest BCUT2D eigenvalue weighted by atomic mass is 16.5. The third kappa shape index (κ3) is 2.21. The molecule has 1 aromatic heterocycles. The highest BCUT2D eigenvalue weighted by molar-refractivity contribution is 5.79. The molecule has 0 radical (unpaired) electrons. The summed E-state index contributed by atoms with van der Waals surface area (Å²) in [4.78, 5) is 4.50. The van der Waals surface area contributed by atoms with E-state index in [4.69, 9.17) is 4.74 Å². The zero-order chi connectivity index (χ0) is 14.2. The fourth-order valence-corrected chi connectivity index (χ4v) is 3.28. The summed E-state index contributed by atoms with van der Waals surface area (Å²) in [5.74, 6) is 0. The first-order valence-electron chi connectivity index (χ1n) is 7.25. The van der Waals surface area contributed by atoms with Crippen LogP contribution in [-0.2, 0) is 4.74 Å². The Labute approximate surface area is 119 Å². The average molecular weight is 271 g/mol. The van der Waals surface area contributed by atoms with E-state index >= 15 is 0 Å². The van der Waals surface area contributed by atoms with Gasteiger partial charge in [0.1, 0.15) is 6.10 Å². The van der Waals surface area contributed by atoms with Gasteiger partial charge < -0.3 is 9.84 Å². The number of aryl methyl sites for hydroxylation is 1. The van der Waals surface area contributed by atoms with Gasteiger partial charge in [-0.05, 0) is 43.5 Å². The lowest BCUT2D eigenvalue weighted by molar-refractivity contribution is -0.100. The van der Waals surface area contributed by atoms with Crippen LogP contribution in [0.3, 0.4) is 0 Å². The molecule has 0 spiro atoms. The number of pyridine rings is 1. The smallest absolute Gasteiger partial charge is 0.108 e. The lowest BCUT2D eigenvalue weighted by Gasteiger charge is -2.33. The minimum absolute atomic E-state index is 0.411. The number of benzene rings is 1. The zero-order valence-electron chi connectivity index (χ0n) is 12.1. The summed E-state index contributed by atoms with van der Waals surface area (Å²) >= 11 is 0. The standard InChI is InChI=1S/C17H21NO2/c1-12-5-6-13-11-14(7-8-15(13)18-12)16(19)17(20-2)9-3-4-10-17/h5-8,11,16,19H,3-4,9-10H2,1-2H3. The molecule has 1 saturated carbocycles. The quantitative estimate of drug-likeness (QED) is 0.928. The van der Waals surface area contributed by atoms with Gasteiger partial charge in [-0.1, -0.05) is 25.0 Å². The van der Waals surface area contributed by atoms with Gasteiger partial charge in [-0.2, -0.15) is 0 Å². The summed E-state index contributed by atoms with van der Waals surface area (Å²) in [5.41, 5.74) is 2.49. The molecule has 106 valence electrons. The van der Waals surface area contributed by atoms with Crippen molar-refractivity contribution >= 4 is 10.9 Å². The van der Waals surface area contributed by atoms with E-state index in [1.807, 2.05) is 31.2 Å². The molecule has 20 heavy (non-hydrogen) atoms. The molecule has 2 aromatic rings. The number of ether oxygens (including phenoxy) is 1. The SMILES string of the molecule is COC1(C(O)c2ccc3nc(C)ccc3c2)CCCC1. The topological polar surface area (TPSA) is 42.4 Å². The monoisotopic (exact) mass is 271 g/mol. The van der Waals surface area contributed by atoms with E-state index in [1.54, 1.807) is 7.11 Å². The van der Waals surface area contributed by atoms with E-state index in [2.05, 4.69) is 11.1 Å². The van der Waals surface area contributed by atoms with Crippen molar-refractivity contribution in [3.8, 4) is 0 Å². The molecule has 0 aliphatic heterocycles. The number of nitrogens with zero attached hydrogens (tertiary/aromatic N) is 1. The molecule has 0 bridgehead atoms. The first-order valence-corrected chi connectivity index (χ1v) is 7.25. The predicted octanol–water partition coefficient (Wildman–Crippen LogP) is 3.54. The Hall–Kier alpha value is -1.45. The predicted molar refractivity (Wildman–Crippen MR) is 79.6 cm³/mol. The number of hydrogen-bond acceptors (Lipinski definition) is 3. The van der Waals surface area contributed by atoms with Gasteiger partial charge in [0.2, 0.25) is 0 Å². The van der Waals surface area contributed by atoms with Crippen LogP contribution < -0.4 is 0 Å². The first-order chi connectivity index (χ1) is 9.64. The molecule has 1 aliphatic rings. The third-order valence-electron chi connectivity index (χ3n) is 4.52. The maximum atomic E-state index is 10.7. The Balaban J connectivity index is 1.99. The van der Waals surface area contributed by atoms with Crippen LogP contribution in [0.4, 0.5) is 0 Å². The number of hydrogen-bond donors (Lipinski definition) is 1. The Morgan fingerprint density at radius 2 is 1.95 bits per heavy atom. The molecule has 3 nitrogen and oxygen atoms in total. The van der Waals surface area contributed by atoms with Crippen molar-refractivity contribution in [2.45, 2.75) is 44.3 Å². The van der Waals surface area contributed by atoms with Crippen molar-refractivity contribution < 1.29 is 9.84 Å². The van der Waals surface area contributed by atoms with Crippen LogP contribution in [-0.4, -0.2) is 22.8 Å². The summed E-state index contributed by atoms with van der Waals surface area (Å²) in [6, 6.07) is 10.0. The van der Waals surface area contributed by atoms with Crippen molar-refractivity contribution in [3.63, 3.8) is 0 Å². The van der Waals surface area contributed by atoms with E-state index in [0.717, 1.165) is 47.8 Å². The fraction of sp³-hybridized carbons (Fsp3) is 0.471. The Morgan fingerprint density at radius 3 is 2.65 bits per heavy atom. The minimum Gasteiger partial charge on any atom is -0.385 e. The van der Waals surface area contributed by atoms with E-state index in [1.165, 1.54) is 0 Å². The number of fused-ring (bicyclic) bond motifs is 1. The molecule has 1 aromatic carbocycles. The summed E-state index contributed by atoms with van der Waals surface area (Å²) in [5, 5.41) is 11.8. The van der Waals surface area contributed by atoms with Crippen LogP contribution in [0.5, 0.6) is 0 Å². The van der Waals surface area contributed by atoms with Crippen molar-refractivity contribution in [3.05, 3.63) is 41.6 Å². The molecular formula is C17H21NO2.